The number of carbonyl (C=O) groups excluding carboxylic acids is 3. The number of aliphatic hydroxyl groups excluding tert-OH is 8. The Morgan fingerprint density at radius 1 is 0.321 bits per heavy atom. The fourth-order valence-corrected chi connectivity index (χ4v) is 13.0. The number of hydrogen-bond donors (Lipinski definition) is 9. The lowest BCUT2D eigenvalue weighted by Gasteiger charge is -2.15. The minimum Gasteiger partial charge on any atom is -0.496 e. The number of halogens is 1. The molecule has 568 valence electrons. The molecule has 0 amide bonds. The highest BCUT2D eigenvalue weighted by molar-refractivity contribution is 6.66. The zero-order valence-corrected chi connectivity index (χ0v) is 62.3. The lowest BCUT2D eigenvalue weighted by molar-refractivity contribution is -0.137. The first-order chi connectivity index (χ1) is 52.7. The molecule has 109 heavy (non-hydrogen) atoms. The predicted molar refractivity (Wildman–Crippen MR) is 424 cm³/mol. The van der Waals surface area contributed by atoms with E-state index in [0.717, 1.165) is 110 Å². The monoisotopic (exact) mass is 1500 g/mol. The number of methoxy groups -OCH3 is 8. The van der Waals surface area contributed by atoms with Crippen LogP contribution >= 0.6 is 11.6 Å². The number of esters is 1. The van der Waals surface area contributed by atoms with E-state index >= 15 is 0 Å². The van der Waals surface area contributed by atoms with Crippen LogP contribution in [0.3, 0.4) is 0 Å². The fraction of sp³-hybridized carbons (Fsp3) is 0.209. The number of carboxylic acids is 1. The highest BCUT2D eigenvalue weighted by atomic mass is 35.5. The van der Waals surface area contributed by atoms with Crippen LogP contribution in [0.2, 0.25) is 0 Å². The van der Waals surface area contributed by atoms with Crippen molar-refractivity contribution in [3.63, 3.8) is 0 Å². The van der Waals surface area contributed by atoms with E-state index in [2.05, 4.69) is 13.2 Å². The Morgan fingerprint density at radius 2 is 0.541 bits per heavy atom. The zero-order valence-electron chi connectivity index (χ0n) is 61.6. The molecule has 23 heteroatoms. The molecule has 12 rings (SSSR count). The lowest BCUT2D eigenvalue weighted by Crippen LogP contribution is -1.99. The van der Waals surface area contributed by atoms with Gasteiger partial charge in [-0.1, -0.05) is 0 Å². The fourth-order valence-electron chi connectivity index (χ4n) is 13.0. The van der Waals surface area contributed by atoms with Crippen molar-refractivity contribution >= 4 is 139 Å². The van der Waals surface area contributed by atoms with Gasteiger partial charge in [-0.25, -0.2) is 9.59 Å². The third-order valence-corrected chi connectivity index (χ3v) is 18.2. The maximum Gasteiger partial charge on any atom is 0.330 e. The second-order valence-electron chi connectivity index (χ2n) is 24.0. The van der Waals surface area contributed by atoms with Crippen LogP contribution in [-0.2, 0) is 72.0 Å². The smallest absolute Gasteiger partial charge is 0.330 e. The van der Waals surface area contributed by atoms with Gasteiger partial charge in [0.25, 0.3) is 0 Å². The van der Waals surface area contributed by atoms with Gasteiger partial charge in [0.2, 0.25) is 5.24 Å². The first-order valence-corrected chi connectivity index (χ1v) is 34.2. The van der Waals surface area contributed by atoms with Gasteiger partial charge in [0, 0.05) is 62.2 Å². The van der Waals surface area contributed by atoms with E-state index in [4.69, 9.17) is 59.3 Å². The summed E-state index contributed by atoms with van der Waals surface area (Å²) in [6, 6.07) is 36.8. The summed E-state index contributed by atoms with van der Waals surface area (Å²) in [6.07, 6.45) is 9.41. The molecule has 0 atom stereocenters. The normalized spacial score (nSPS) is 11.1. The van der Waals surface area contributed by atoms with Gasteiger partial charge in [-0.2, -0.15) is 0 Å². The van der Waals surface area contributed by atoms with E-state index in [1.54, 1.807) is 70.7 Å². The molecule has 0 aromatic heterocycles. The molecule has 22 nitrogen and oxygen atoms in total. The Bertz CT molecular complexity index is 5320. The third kappa shape index (κ3) is 18.3. The number of hydrogen-bond acceptors (Lipinski definition) is 21. The average Bonchev–Trinajstić information content (AvgIpc) is 0.775. The molecule has 12 aromatic carbocycles. The molecule has 0 bridgehead atoms. The van der Waals surface area contributed by atoms with Crippen molar-refractivity contribution in [3.8, 4) is 46.0 Å². The molecule has 0 saturated carbocycles. The van der Waals surface area contributed by atoms with Crippen molar-refractivity contribution in [2.45, 2.75) is 59.8 Å². The molecule has 0 radical (unpaired) electrons. The van der Waals surface area contributed by atoms with Crippen LogP contribution in [0.5, 0.6) is 46.0 Å². The lowest BCUT2D eigenvalue weighted by atomic mass is 9.93. The van der Waals surface area contributed by atoms with Crippen LogP contribution in [0.4, 0.5) is 0 Å². The van der Waals surface area contributed by atoms with Gasteiger partial charge >= 0.3 is 11.9 Å². The summed E-state index contributed by atoms with van der Waals surface area (Å²) >= 11 is 5.46. The standard InChI is InChI=1S/C23H24O6.C21H19ClO5.C21H20O6.C19H18O5.C2H4/c1-4-29-23(26)6-5-14-7-15-10-21(27-2)16(12-24)8-18(15)20-9-17(13-25)22(28-3)11-19(14)20;1-26-19-8-13-5-12(3-4-21(22)25)17-9-20(27-2)15(11-24)7-18(17)16(13)6-14(19)10-23;1-26-19-8-13-5-12(3-4-21(24)25)17-9-20(27-2)15(11-23)7-18(17)16(13)6-14(19)10-22;1-23-18-6-11-3-12(8-20)16-7-19(24-2)14(10-22)5-17(16)15(11)4-13(18)9-21;1-2/h5-11,24-25H,4,12-13H2,1-3H3;3-9,23-24H,10-11H2,1-2H3;3-9,22-23H,10-11H2,1-2H3,(H,24,25);3-8,21-22H,9-10H2,1-2H3;1-2H2/b6-5+;2*4-3+;;. The van der Waals surface area contributed by atoms with Crippen molar-refractivity contribution in [3.05, 3.63) is 219 Å². The van der Waals surface area contributed by atoms with Gasteiger partial charge in [-0.3, -0.25) is 9.59 Å². The molecular formula is C86H85ClO22. The number of allylic oxidation sites excluding steroid dienone is 1. The molecule has 0 aliphatic carbocycles. The average molecular weight is 1510 g/mol. The molecular weight excluding hydrogens is 1420 g/mol. The molecule has 0 fully saturated rings. The highest BCUT2D eigenvalue weighted by Gasteiger charge is 2.20. The van der Waals surface area contributed by atoms with Gasteiger partial charge in [-0.15, -0.1) is 13.2 Å². The largest absolute Gasteiger partial charge is 0.496 e. The highest BCUT2D eigenvalue weighted by Crippen LogP contribution is 2.43. The van der Waals surface area contributed by atoms with Crippen LogP contribution in [0.25, 0.3) is 104 Å². The Morgan fingerprint density at radius 3 is 0.761 bits per heavy atom. The Balaban J connectivity index is 0.000000182. The quantitative estimate of drug-likeness (QED) is 0.00678. The minimum absolute atomic E-state index is 0.154. The van der Waals surface area contributed by atoms with Crippen molar-refractivity contribution in [2.24, 2.45) is 0 Å². The van der Waals surface area contributed by atoms with Crippen LogP contribution in [-0.4, -0.2) is 133 Å². The van der Waals surface area contributed by atoms with Crippen LogP contribution in [0, 0.1) is 0 Å². The minimum atomic E-state index is -1.05. The number of carbonyl (C=O) groups is 4. The number of carboxylic acid groups (broad SMARTS) is 1. The zero-order chi connectivity index (χ0) is 79.3. The molecule has 0 spiro atoms. The summed E-state index contributed by atoms with van der Waals surface area (Å²) in [5.41, 5.74) is 7.95. The van der Waals surface area contributed by atoms with E-state index in [1.165, 1.54) is 53.8 Å². The molecule has 0 unspecified atom stereocenters. The summed E-state index contributed by atoms with van der Waals surface area (Å²) in [4.78, 5) is 45.5. The number of aliphatic carboxylic acids is 1. The number of aliphatic hydroxyl groups is 8. The SMILES string of the molecule is C=C.CCOC(=O)/C=C/c1cc2cc(OC)c(CO)cc2c2cc(CO)c(OC)cc12.COc1cc2cc(/C=C/C(=O)Cl)c3cc(OC)c(CO)cc3c2cc1CO.COc1cc2cc(/C=C/C(=O)O)c3cc(OC)c(CO)cc3c2cc1CO.COc1cc2cc(C=O)c3cc(OC)c(CO)cc3c2cc1CO. The number of rotatable bonds is 24. The Kier molecular flexibility index (Phi) is 29.5. The topological polar surface area (TPSA) is 333 Å². The van der Waals surface area contributed by atoms with E-state index in [-0.39, 0.29) is 52.9 Å². The molecule has 9 N–H and O–H groups in total. The van der Waals surface area contributed by atoms with Crippen LogP contribution < -0.4 is 37.9 Å². The molecule has 0 saturated heterocycles. The third-order valence-electron chi connectivity index (χ3n) is 18.1. The van der Waals surface area contributed by atoms with Gasteiger partial charge in [0.15, 0.2) is 6.29 Å². The van der Waals surface area contributed by atoms with Crippen LogP contribution in [0.15, 0.2) is 153 Å². The van der Waals surface area contributed by atoms with E-state index in [9.17, 15) is 60.0 Å². The maximum atomic E-state index is 11.8. The second-order valence-corrected chi connectivity index (χ2v) is 24.4. The first-order valence-electron chi connectivity index (χ1n) is 33.8. The predicted octanol–water partition coefficient (Wildman–Crippen LogP) is 14.0. The Labute approximate surface area is 632 Å². The van der Waals surface area contributed by atoms with Crippen molar-refractivity contribution < 1.29 is 108 Å². The number of aldehydes is 1. The van der Waals surface area contributed by atoms with Gasteiger partial charge in [0.1, 0.15) is 46.0 Å². The number of benzene rings is 12. The van der Waals surface area contributed by atoms with E-state index in [1.807, 2.05) is 91.0 Å². The van der Waals surface area contributed by atoms with E-state index in [0.29, 0.717) is 108 Å². The van der Waals surface area contributed by atoms with Crippen LogP contribution in [0.1, 0.15) is 78.5 Å². The summed E-state index contributed by atoms with van der Waals surface area (Å²) in [6.45, 7) is 6.69. The van der Waals surface area contributed by atoms with Crippen molar-refractivity contribution in [2.75, 3.05) is 63.5 Å². The maximum absolute atomic E-state index is 11.8. The molecule has 0 aliphatic rings. The number of ether oxygens (including phenoxy) is 9. The summed E-state index contributed by atoms with van der Waals surface area (Å²) in [5.74, 6) is 2.95. The summed E-state index contributed by atoms with van der Waals surface area (Å²) in [7, 11) is 12.3. The first kappa shape index (κ1) is 83.0. The van der Waals surface area contributed by atoms with Crippen molar-refractivity contribution in [1.82, 2.24) is 0 Å². The van der Waals surface area contributed by atoms with Gasteiger partial charge < -0.3 is 88.6 Å². The summed E-state index contributed by atoms with van der Waals surface area (Å²) < 4.78 is 47.8. The van der Waals surface area contributed by atoms with E-state index < -0.39 is 17.2 Å². The molecule has 12 aromatic rings. The summed E-state index contributed by atoms with van der Waals surface area (Å²) in [5, 5.41) is 99.2. The van der Waals surface area contributed by atoms with Crippen molar-refractivity contribution in [1.29, 1.82) is 0 Å². The second kappa shape index (κ2) is 38.7. The van der Waals surface area contributed by atoms with Gasteiger partial charge in [0.05, 0.1) is 116 Å². The molecule has 0 heterocycles. The number of fused-ring (bicyclic) bond motifs is 12. The molecule has 0 aliphatic heterocycles. The Hall–Kier alpha value is -11.7. The van der Waals surface area contributed by atoms with Gasteiger partial charge in [-0.05, 0) is 267 Å².